The number of rotatable bonds is 18. The summed E-state index contributed by atoms with van der Waals surface area (Å²) in [7, 11) is 5.05. The molecule has 1 amide bonds. The maximum atomic E-state index is 13.0. The molecule has 630 valence electrons. The van der Waals surface area contributed by atoms with Crippen molar-refractivity contribution in [2.45, 2.75) is 60.5 Å². The van der Waals surface area contributed by atoms with Gasteiger partial charge in [0.1, 0.15) is 66.9 Å². The van der Waals surface area contributed by atoms with Crippen molar-refractivity contribution in [1.82, 2.24) is 49.8 Å². The maximum Gasteiger partial charge on any atom is 0.488 e. The summed E-state index contributed by atoms with van der Waals surface area (Å²) in [6.07, 6.45) is 8.57. The van der Waals surface area contributed by atoms with Gasteiger partial charge < -0.3 is 63.8 Å². The van der Waals surface area contributed by atoms with Gasteiger partial charge in [-0.1, -0.05) is 149 Å². The second-order valence-corrected chi connectivity index (χ2v) is 35.3. The van der Waals surface area contributed by atoms with Gasteiger partial charge in [-0.25, -0.2) is 39.5 Å². The predicted octanol–water partition coefficient (Wildman–Crippen LogP) is 17.3. The van der Waals surface area contributed by atoms with E-state index in [0.29, 0.717) is 89.8 Å². The minimum Gasteiger partial charge on any atom is -0.497 e. The Morgan fingerprint density at radius 1 is 0.553 bits per heavy atom. The molecule has 9 aromatic heterocycles. The fourth-order valence-electron chi connectivity index (χ4n) is 11.5. The lowest BCUT2D eigenvalue weighted by Gasteiger charge is -2.11. The first-order valence-electron chi connectivity index (χ1n) is 37.6. The number of aryl methyl sites for hydroxylation is 5. The molecule has 7 aromatic carbocycles. The van der Waals surface area contributed by atoms with Crippen molar-refractivity contribution in [2.75, 3.05) is 41.7 Å². The van der Waals surface area contributed by atoms with Crippen LogP contribution in [0.15, 0.2) is 228 Å². The number of carboxylic acid groups (broad SMARTS) is 1. The second kappa shape index (κ2) is 44.3. The van der Waals surface area contributed by atoms with Crippen molar-refractivity contribution in [1.29, 1.82) is 0 Å². The van der Waals surface area contributed by atoms with Gasteiger partial charge in [-0.2, -0.15) is 0 Å². The molecule has 1 aliphatic rings. The summed E-state index contributed by atoms with van der Waals surface area (Å²) in [5, 5.41) is 43.1. The number of aromatic amines is 2. The first-order chi connectivity index (χ1) is 59.3. The number of hydrogen-bond acceptors (Lipinski definition) is 26. The Morgan fingerprint density at radius 3 is 1.50 bits per heavy atom. The Labute approximate surface area is 747 Å². The molecule has 0 fully saturated rings. The average Bonchev–Trinajstić information content (AvgIpc) is 1.68. The molecule has 0 saturated heterocycles. The van der Waals surface area contributed by atoms with E-state index < -0.39 is 13.1 Å². The zero-order valence-corrected chi connectivity index (χ0v) is 75.7. The molecule has 7 N–H and O–H groups in total. The zero-order valence-electron chi connectivity index (χ0n) is 67.6. The summed E-state index contributed by atoms with van der Waals surface area (Å²) < 4.78 is 31.5. The number of nitrogens with one attached hydrogen (secondary N) is 3. The highest BCUT2D eigenvalue weighted by molar-refractivity contribution is 9.11. The summed E-state index contributed by atoms with van der Waals surface area (Å²) in [6.45, 7) is 11.2. The summed E-state index contributed by atoms with van der Waals surface area (Å²) in [5.41, 5.74) is 16.4. The van der Waals surface area contributed by atoms with Crippen LogP contribution in [0.25, 0.3) is 79.0 Å². The Bertz CT molecular complexity index is 6530. The molecule has 16 aromatic rings. The number of aliphatic hydroxyl groups excluding tert-OH is 1. The first-order valence-corrected chi connectivity index (χ1v) is 44.1. The number of carboxylic acids is 1. The summed E-state index contributed by atoms with van der Waals surface area (Å²) in [6, 6.07) is 56.1. The molecule has 17 rings (SSSR count). The number of carbonyl (C=O) groups is 3. The number of aliphatic hydroxyl groups is 1. The first kappa shape index (κ1) is 91.9. The van der Waals surface area contributed by atoms with E-state index in [1.54, 1.807) is 81.2 Å². The molecule has 25 nitrogen and oxygen atoms in total. The number of amides is 1. The van der Waals surface area contributed by atoms with Gasteiger partial charge in [0.25, 0.3) is 22.6 Å². The highest BCUT2D eigenvalue weighted by Crippen LogP contribution is 2.35. The van der Waals surface area contributed by atoms with Gasteiger partial charge in [0.2, 0.25) is 0 Å². The number of cyclic esters (lactones) is 1. The van der Waals surface area contributed by atoms with Crippen molar-refractivity contribution < 1.29 is 58.3 Å². The molecule has 10 heterocycles. The minimum absolute atomic E-state index is 0.0498. The van der Waals surface area contributed by atoms with Gasteiger partial charge >= 0.3 is 19.1 Å². The molecular formula is C89H81BBr2N10O15S6. The van der Waals surface area contributed by atoms with Crippen LogP contribution in [-0.4, -0.2) is 131 Å². The highest BCUT2D eigenvalue weighted by atomic mass is 79.9. The van der Waals surface area contributed by atoms with Crippen molar-refractivity contribution in [2.24, 2.45) is 0 Å². The second-order valence-electron chi connectivity index (χ2n) is 26.9. The van der Waals surface area contributed by atoms with E-state index in [2.05, 4.69) is 89.2 Å². The number of pyridine rings is 3. The van der Waals surface area contributed by atoms with Gasteiger partial charge in [0, 0.05) is 102 Å². The average molecular weight is 1890 g/mol. The van der Waals surface area contributed by atoms with Gasteiger partial charge in [-0.3, -0.25) is 19.2 Å². The summed E-state index contributed by atoms with van der Waals surface area (Å²) in [4.78, 5) is 103. The number of halogens is 2. The monoisotopic (exact) mass is 1890 g/mol. The van der Waals surface area contributed by atoms with Crippen LogP contribution in [0.1, 0.15) is 75.4 Å². The SMILES string of the molecule is COc1ccc(CNC(=O)c2sc(-c3ccc(C)cc3)nc2CCO)c(OC)c1.COc1ccc(Cn2ccc3nc(-c4ccc(C)cc4)sc3c2=O)c(OC)c1.Cc1ccc(-c2nc3c(s2)C(=O)OCC3)cc1.Cc1ccc(-c2nc3cc[nH]c(=O)c3s2)cc1.Cc1ccc(B(O)O)cc1.O=C(O)/C=C/c1csc(Br)n1.O=c1[nH]ccc2nc(Br)sc12. The molecule has 0 saturated carbocycles. The molecule has 0 bridgehead atoms. The molecule has 0 unspecified atom stereocenters. The van der Waals surface area contributed by atoms with E-state index in [1.807, 2.05) is 174 Å². The number of aromatic nitrogens is 9. The highest BCUT2D eigenvalue weighted by Gasteiger charge is 2.25. The third-order valence-corrected chi connectivity index (χ3v) is 25.5. The number of ether oxygens (including phenoxy) is 5. The third-order valence-electron chi connectivity index (χ3n) is 18.1. The van der Waals surface area contributed by atoms with Crippen molar-refractivity contribution >= 4 is 167 Å². The molecule has 0 atom stereocenters. The lowest BCUT2D eigenvalue weighted by atomic mass is 9.80. The number of methoxy groups -OCH3 is 4. The fourth-order valence-corrected chi connectivity index (χ4v) is 17.9. The Morgan fingerprint density at radius 2 is 1.03 bits per heavy atom. The molecular weight excluding hydrogens is 1810 g/mol. The number of benzene rings is 7. The lowest BCUT2D eigenvalue weighted by Crippen LogP contribution is -2.29. The Kier molecular flexibility index (Phi) is 33.1. The maximum absolute atomic E-state index is 13.0. The van der Waals surface area contributed by atoms with Crippen molar-refractivity contribution in [3.63, 3.8) is 0 Å². The van der Waals surface area contributed by atoms with E-state index >= 15 is 0 Å². The predicted molar refractivity (Wildman–Crippen MR) is 499 cm³/mol. The number of nitrogens with zero attached hydrogens (tertiary/aromatic N) is 7. The molecule has 123 heavy (non-hydrogen) atoms. The summed E-state index contributed by atoms with van der Waals surface area (Å²) in [5.74, 6) is 1.32. The quantitative estimate of drug-likeness (QED) is 0.0238. The van der Waals surface area contributed by atoms with E-state index in [1.165, 1.54) is 90.8 Å². The van der Waals surface area contributed by atoms with Crippen LogP contribution < -0.4 is 46.4 Å². The number of H-pyrrole nitrogens is 2. The Balaban J connectivity index is 0.000000145. The summed E-state index contributed by atoms with van der Waals surface area (Å²) >= 11 is 14.7. The topological polar surface area (TPSA) is 355 Å². The fraction of sp³-hybridized carbons (Fsp3) is 0.169. The largest absolute Gasteiger partial charge is 0.497 e. The number of hydrogen-bond donors (Lipinski definition) is 7. The normalized spacial score (nSPS) is 11.2. The van der Waals surface area contributed by atoms with Crippen LogP contribution in [0.2, 0.25) is 0 Å². The van der Waals surface area contributed by atoms with Gasteiger partial charge in [0.15, 0.2) is 7.83 Å². The number of fused-ring (bicyclic) bond motifs is 4. The molecule has 34 heteroatoms. The number of esters is 1. The van der Waals surface area contributed by atoms with Crippen LogP contribution in [0.3, 0.4) is 0 Å². The standard InChI is InChI=1S/C22H24N2O4S.C22H20N2O3S.C13H10N2OS.C13H11NO2S.C7H9BO2.C6H3BrN2OS.C6H4BrNO2S/c1-14-4-6-15(7-5-14)22-24-18(10-11-25)20(29-22)21(26)23-13-16-8-9-17(27-2)12-19(16)28-3;1-14-4-6-15(7-5-14)21-23-18-10-11-24(22(25)20(18)28-21)13-16-8-9-17(26-2)12-19(16)27-3;1-8-2-4-9(5-3-8)13-15-10-6-7-14-12(16)11(10)17-13;1-8-2-4-9(5-3-8)12-14-10-6-7-16-13(15)11(10)17-12;1-6-2-4-7(5-3-6)8(9)10;7-6-9-3-1-2-8-5(10)4(3)11-6;7-6-8-4(3-11-6)1-2-5(9)10/h4-9,12,25H,10-11,13H2,1-3H3,(H,23,26);4-12H,13H2,1-3H3;2-7H,1H3,(H,14,16);2-5H,6-7H2,1H3;2-5,9-10H,1H3;1-2H,(H,8,10);1-3H,(H,9,10)/b;;;;;;2-1+. The van der Waals surface area contributed by atoms with Crippen LogP contribution in [-0.2, 0) is 35.5 Å². The van der Waals surface area contributed by atoms with E-state index in [4.69, 9.17) is 38.8 Å². The smallest absolute Gasteiger partial charge is 0.488 e. The number of thiazole rings is 6. The number of aliphatic carboxylic acids is 1. The van der Waals surface area contributed by atoms with Gasteiger partial charge in [0.05, 0.1) is 75.2 Å². The Hall–Kier alpha value is -11.8. The van der Waals surface area contributed by atoms with Crippen LogP contribution in [0, 0.1) is 34.6 Å². The van der Waals surface area contributed by atoms with Crippen molar-refractivity contribution in [3.8, 4) is 65.3 Å². The molecule has 0 aliphatic carbocycles. The van der Waals surface area contributed by atoms with E-state index in [0.717, 1.165) is 107 Å². The zero-order chi connectivity index (χ0) is 87.8. The molecule has 1 aliphatic heterocycles. The molecule has 0 radical (unpaired) electrons. The minimum atomic E-state index is -1.35. The van der Waals surface area contributed by atoms with Crippen LogP contribution >= 0.6 is 99.9 Å². The van der Waals surface area contributed by atoms with Crippen molar-refractivity contribution in [3.05, 3.63) is 311 Å². The molecule has 0 spiro atoms. The van der Waals surface area contributed by atoms with Gasteiger partial charge in [-0.15, -0.1) is 68.0 Å². The van der Waals surface area contributed by atoms with Crippen LogP contribution in [0.5, 0.6) is 23.0 Å². The van der Waals surface area contributed by atoms with E-state index in [-0.39, 0.29) is 35.2 Å². The third kappa shape index (κ3) is 25.4. The number of carbonyl (C=O) groups excluding carboxylic acids is 2. The van der Waals surface area contributed by atoms with Gasteiger partial charge in [-0.05, 0) is 120 Å². The van der Waals surface area contributed by atoms with E-state index in [9.17, 15) is 33.9 Å². The van der Waals surface area contributed by atoms with Crippen LogP contribution in [0.4, 0.5) is 0 Å². The lowest BCUT2D eigenvalue weighted by molar-refractivity contribution is -0.131.